The van der Waals surface area contributed by atoms with Crippen LogP contribution in [-0.2, 0) is 6.42 Å². The Labute approximate surface area is 124 Å². The highest BCUT2D eigenvalue weighted by Gasteiger charge is 2.31. The average Bonchev–Trinajstić information content (AvgIpc) is 2.74. The summed E-state index contributed by atoms with van der Waals surface area (Å²) in [6.45, 7) is 5.27. The van der Waals surface area contributed by atoms with Crippen LogP contribution >= 0.6 is 15.9 Å². The first-order valence-corrected chi connectivity index (χ1v) is 7.72. The molecular formula is C15H24BrN3. The minimum Gasteiger partial charge on any atom is -0.370 e. The van der Waals surface area contributed by atoms with Gasteiger partial charge in [0.15, 0.2) is 0 Å². The Kier molecular flexibility index (Phi) is 4.87. The Balaban J connectivity index is 2.13. The van der Waals surface area contributed by atoms with E-state index in [1.165, 1.54) is 15.7 Å². The van der Waals surface area contributed by atoms with E-state index < -0.39 is 0 Å². The number of halogens is 1. The lowest BCUT2D eigenvalue weighted by atomic mass is 10.1. The standard InChI is InChI=1S/C15H24BrN3/c1-11-9-19(10-15(11)18(2)3)13-5-4-12(6-7-17)14(16)8-13/h4-5,8,11,15H,6-7,9-10,17H2,1-3H3. The molecule has 0 spiro atoms. The molecule has 1 fully saturated rings. The molecule has 1 aromatic carbocycles. The third-order valence-corrected chi connectivity index (χ3v) is 4.79. The van der Waals surface area contributed by atoms with Crippen LogP contribution in [0.1, 0.15) is 12.5 Å². The second kappa shape index (κ2) is 6.25. The molecule has 1 aliphatic heterocycles. The van der Waals surface area contributed by atoms with Crippen molar-refractivity contribution in [3.63, 3.8) is 0 Å². The van der Waals surface area contributed by atoms with Crippen molar-refractivity contribution in [1.82, 2.24) is 4.90 Å². The first-order chi connectivity index (χ1) is 9.02. The van der Waals surface area contributed by atoms with Gasteiger partial charge < -0.3 is 15.5 Å². The van der Waals surface area contributed by atoms with Crippen LogP contribution in [-0.4, -0.2) is 44.7 Å². The van der Waals surface area contributed by atoms with E-state index in [9.17, 15) is 0 Å². The van der Waals surface area contributed by atoms with Gasteiger partial charge in [0.2, 0.25) is 0 Å². The summed E-state index contributed by atoms with van der Waals surface area (Å²) < 4.78 is 1.18. The Morgan fingerprint density at radius 2 is 2.11 bits per heavy atom. The summed E-state index contributed by atoms with van der Waals surface area (Å²) in [5.41, 5.74) is 8.23. The molecule has 0 saturated carbocycles. The Morgan fingerprint density at radius 3 is 2.63 bits per heavy atom. The minimum atomic E-state index is 0.641. The van der Waals surface area contributed by atoms with Gasteiger partial charge in [0, 0.05) is 29.3 Å². The summed E-state index contributed by atoms with van der Waals surface area (Å²) in [5.74, 6) is 0.706. The van der Waals surface area contributed by atoms with Gasteiger partial charge in [-0.15, -0.1) is 0 Å². The fourth-order valence-corrected chi connectivity index (χ4v) is 3.49. The largest absolute Gasteiger partial charge is 0.370 e. The predicted octanol–water partition coefficient (Wildman–Crippen LogP) is 2.34. The molecule has 1 aromatic rings. The molecule has 0 radical (unpaired) electrons. The fraction of sp³-hybridized carbons (Fsp3) is 0.600. The van der Waals surface area contributed by atoms with E-state index >= 15 is 0 Å². The summed E-state index contributed by atoms with van der Waals surface area (Å²) in [7, 11) is 4.34. The lowest BCUT2D eigenvalue weighted by molar-refractivity contribution is 0.266. The third-order valence-electron chi connectivity index (χ3n) is 4.05. The van der Waals surface area contributed by atoms with Crippen molar-refractivity contribution in [2.24, 2.45) is 11.7 Å². The number of hydrogen-bond acceptors (Lipinski definition) is 3. The van der Waals surface area contributed by atoms with Crippen molar-refractivity contribution in [1.29, 1.82) is 0 Å². The first kappa shape index (κ1) is 14.8. The summed E-state index contributed by atoms with van der Waals surface area (Å²) >= 11 is 3.66. The maximum atomic E-state index is 5.62. The van der Waals surface area contributed by atoms with Crippen LogP contribution in [0.3, 0.4) is 0 Å². The second-order valence-electron chi connectivity index (χ2n) is 5.73. The van der Waals surface area contributed by atoms with Crippen molar-refractivity contribution in [3.8, 4) is 0 Å². The van der Waals surface area contributed by atoms with Crippen LogP contribution in [0.2, 0.25) is 0 Å². The Bertz CT molecular complexity index is 433. The van der Waals surface area contributed by atoms with Gasteiger partial charge in [-0.25, -0.2) is 0 Å². The monoisotopic (exact) mass is 325 g/mol. The molecule has 0 bridgehead atoms. The molecule has 1 aliphatic rings. The zero-order chi connectivity index (χ0) is 14.0. The molecule has 4 heteroatoms. The minimum absolute atomic E-state index is 0.641. The summed E-state index contributed by atoms with van der Waals surface area (Å²) in [4.78, 5) is 4.81. The quantitative estimate of drug-likeness (QED) is 0.922. The highest BCUT2D eigenvalue weighted by atomic mass is 79.9. The molecule has 0 aromatic heterocycles. The van der Waals surface area contributed by atoms with Crippen LogP contribution in [0.25, 0.3) is 0 Å². The highest BCUT2D eigenvalue weighted by Crippen LogP contribution is 2.29. The van der Waals surface area contributed by atoms with Crippen LogP contribution in [0.4, 0.5) is 5.69 Å². The molecule has 2 unspecified atom stereocenters. The van der Waals surface area contributed by atoms with E-state index in [4.69, 9.17) is 5.73 Å². The summed E-state index contributed by atoms with van der Waals surface area (Å²) in [5, 5.41) is 0. The summed E-state index contributed by atoms with van der Waals surface area (Å²) in [6.07, 6.45) is 0.928. The molecule has 1 saturated heterocycles. The average molecular weight is 326 g/mol. The molecule has 19 heavy (non-hydrogen) atoms. The molecule has 2 atom stereocenters. The number of anilines is 1. The van der Waals surface area contributed by atoms with Gasteiger partial charge in [-0.1, -0.05) is 28.9 Å². The number of likely N-dealkylation sites (N-methyl/N-ethyl adjacent to an activating group) is 1. The number of hydrogen-bond donors (Lipinski definition) is 1. The van der Waals surface area contributed by atoms with E-state index in [0.717, 1.165) is 19.5 Å². The van der Waals surface area contributed by atoms with Crippen molar-refractivity contribution < 1.29 is 0 Å². The van der Waals surface area contributed by atoms with Crippen molar-refractivity contribution in [3.05, 3.63) is 28.2 Å². The number of nitrogens with zero attached hydrogens (tertiary/aromatic N) is 2. The third kappa shape index (κ3) is 3.30. The lowest BCUT2D eigenvalue weighted by Gasteiger charge is -2.23. The van der Waals surface area contributed by atoms with Crippen LogP contribution in [0, 0.1) is 5.92 Å². The molecule has 106 valence electrons. The Morgan fingerprint density at radius 1 is 1.37 bits per heavy atom. The second-order valence-corrected chi connectivity index (χ2v) is 6.58. The van der Waals surface area contributed by atoms with Gasteiger partial charge in [-0.3, -0.25) is 0 Å². The van der Waals surface area contributed by atoms with Crippen molar-refractivity contribution >= 4 is 21.6 Å². The van der Waals surface area contributed by atoms with Crippen LogP contribution in [0.15, 0.2) is 22.7 Å². The Hall–Kier alpha value is -0.580. The first-order valence-electron chi connectivity index (χ1n) is 6.92. The molecule has 1 heterocycles. The van der Waals surface area contributed by atoms with Gasteiger partial charge >= 0.3 is 0 Å². The zero-order valence-electron chi connectivity index (χ0n) is 12.1. The molecule has 2 N–H and O–H groups in total. The van der Waals surface area contributed by atoms with Gasteiger partial charge in [-0.05, 0) is 50.7 Å². The molecular weight excluding hydrogens is 302 g/mol. The number of rotatable bonds is 4. The summed E-state index contributed by atoms with van der Waals surface area (Å²) in [6, 6.07) is 7.29. The topological polar surface area (TPSA) is 32.5 Å². The van der Waals surface area contributed by atoms with Gasteiger partial charge in [0.25, 0.3) is 0 Å². The SMILES string of the molecule is CC1CN(c2ccc(CCN)c(Br)c2)CC1N(C)C. The highest BCUT2D eigenvalue weighted by molar-refractivity contribution is 9.10. The maximum absolute atomic E-state index is 5.62. The lowest BCUT2D eigenvalue weighted by Crippen LogP contribution is -2.34. The molecule has 3 nitrogen and oxygen atoms in total. The van der Waals surface area contributed by atoms with E-state index in [1.807, 2.05) is 0 Å². The fourth-order valence-electron chi connectivity index (χ4n) is 2.92. The van der Waals surface area contributed by atoms with Gasteiger partial charge in [0.1, 0.15) is 0 Å². The van der Waals surface area contributed by atoms with Crippen LogP contribution < -0.4 is 10.6 Å². The molecule has 0 aliphatic carbocycles. The van der Waals surface area contributed by atoms with E-state index in [0.29, 0.717) is 18.5 Å². The van der Waals surface area contributed by atoms with E-state index in [1.54, 1.807) is 0 Å². The van der Waals surface area contributed by atoms with Crippen molar-refractivity contribution in [2.45, 2.75) is 19.4 Å². The van der Waals surface area contributed by atoms with Crippen molar-refractivity contribution in [2.75, 3.05) is 38.6 Å². The number of nitrogens with two attached hydrogens (primary N) is 1. The van der Waals surface area contributed by atoms with E-state index in [2.05, 4.69) is 64.9 Å². The molecule has 0 amide bonds. The predicted molar refractivity (Wildman–Crippen MR) is 85.8 cm³/mol. The molecule has 2 rings (SSSR count). The van der Waals surface area contributed by atoms with Gasteiger partial charge in [0.05, 0.1) is 0 Å². The van der Waals surface area contributed by atoms with Crippen LogP contribution in [0.5, 0.6) is 0 Å². The van der Waals surface area contributed by atoms with Gasteiger partial charge in [-0.2, -0.15) is 0 Å². The zero-order valence-corrected chi connectivity index (χ0v) is 13.7. The smallest absolute Gasteiger partial charge is 0.0378 e. The maximum Gasteiger partial charge on any atom is 0.0378 e. The normalized spacial score (nSPS) is 23.4. The van der Waals surface area contributed by atoms with E-state index in [-0.39, 0.29) is 0 Å². The number of benzene rings is 1.